The Balaban J connectivity index is 0.000000861. The van der Waals surface area contributed by atoms with Crippen LogP contribution in [0.2, 0.25) is 0 Å². The van der Waals surface area contributed by atoms with Crippen LogP contribution in [0.3, 0.4) is 0 Å². The lowest BCUT2D eigenvalue weighted by molar-refractivity contribution is -0.137. The first-order valence-corrected chi connectivity index (χ1v) is 7.51. The van der Waals surface area contributed by atoms with Crippen molar-refractivity contribution in [3.05, 3.63) is 0 Å². The largest absolute Gasteiger partial charge is 0.344 e. The number of fused-ring (bicyclic) bond motifs is 1. The molecule has 0 aromatic carbocycles. The van der Waals surface area contributed by atoms with Gasteiger partial charge in [0.25, 0.3) is 0 Å². The molecule has 2 fully saturated rings. The SMILES string of the molecule is CC.CC(=O)NC(C(=O)N1CCC2C(C)C21)C(C)C. The number of carbonyl (C=O) groups is 2. The second-order valence-electron chi connectivity index (χ2n) is 5.76. The highest BCUT2D eigenvalue weighted by Gasteiger charge is 2.56. The zero-order valence-corrected chi connectivity index (χ0v) is 13.1. The van der Waals surface area contributed by atoms with Crippen molar-refractivity contribution in [3.63, 3.8) is 0 Å². The number of rotatable bonds is 3. The third-order valence-corrected chi connectivity index (χ3v) is 4.15. The topological polar surface area (TPSA) is 49.4 Å². The summed E-state index contributed by atoms with van der Waals surface area (Å²) >= 11 is 0. The number of piperidine rings is 1. The lowest BCUT2D eigenvalue weighted by Crippen LogP contribution is -2.51. The van der Waals surface area contributed by atoms with E-state index in [1.165, 1.54) is 6.92 Å². The van der Waals surface area contributed by atoms with E-state index in [1.807, 2.05) is 32.6 Å². The Morgan fingerprint density at radius 1 is 1.26 bits per heavy atom. The number of amides is 2. The molecule has 2 amide bonds. The molecule has 1 saturated carbocycles. The van der Waals surface area contributed by atoms with Crippen molar-refractivity contribution in [2.45, 2.75) is 60.0 Å². The van der Waals surface area contributed by atoms with Crippen molar-refractivity contribution in [2.75, 3.05) is 6.54 Å². The van der Waals surface area contributed by atoms with Gasteiger partial charge >= 0.3 is 0 Å². The van der Waals surface area contributed by atoms with Crippen LogP contribution in [0.5, 0.6) is 0 Å². The normalized spacial score (nSPS) is 29.2. The van der Waals surface area contributed by atoms with Crippen LogP contribution in [0.1, 0.15) is 48.0 Å². The highest BCUT2D eigenvalue weighted by molar-refractivity contribution is 5.87. The quantitative estimate of drug-likeness (QED) is 0.851. The van der Waals surface area contributed by atoms with Crippen molar-refractivity contribution < 1.29 is 9.59 Å². The molecule has 1 aliphatic heterocycles. The van der Waals surface area contributed by atoms with E-state index in [0.29, 0.717) is 17.9 Å². The summed E-state index contributed by atoms with van der Waals surface area (Å²) in [5.41, 5.74) is 0. The molecule has 0 spiro atoms. The van der Waals surface area contributed by atoms with E-state index >= 15 is 0 Å². The molecule has 2 aliphatic rings. The molecule has 1 aliphatic carbocycles. The van der Waals surface area contributed by atoms with Crippen molar-refractivity contribution in [3.8, 4) is 0 Å². The van der Waals surface area contributed by atoms with Crippen LogP contribution in [-0.2, 0) is 9.59 Å². The van der Waals surface area contributed by atoms with Gasteiger partial charge in [0, 0.05) is 19.5 Å². The number of nitrogens with one attached hydrogen (secondary N) is 1. The number of hydrogen-bond donors (Lipinski definition) is 1. The van der Waals surface area contributed by atoms with Crippen LogP contribution < -0.4 is 5.32 Å². The maximum Gasteiger partial charge on any atom is 0.245 e. The Hall–Kier alpha value is -1.06. The molecule has 4 heteroatoms. The molecular weight excluding hydrogens is 240 g/mol. The molecule has 1 heterocycles. The Labute approximate surface area is 116 Å². The molecule has 0 bridgehead atoms. The smallest absolute Gasteiger partial charge is 0.245 e. The Kier molecular flexibility index (Phi) is 5.39. The van der Waals surface area contributed by atoms with Crippen molar-refractivity contribution in [1.82, 2.24) is 10.2 Å². The van der Waals surface area contributed by atoms with Gasteiger partial charge in [-0.2, -0.15) is 0 Å². The third kappa shape index (κ3) is 3.28. The summed E-state index contributed by atoms with van der Waals surface area (Å²) in [6.45, 7) is 12.5. The number of hydrogen-bond acceptors (Lipinski definition) is 2. The second-order valence-corrected chi connectivity index (χ2v) is 5.76. The van der Waals surface area contributed by atoms with E-state index in [2.05, 4.69) is 12.2 Å². The highest BCUT2D eigenvalue weighted by Crippen LogP contribution is 2.50. The standard InChI is InChI=1S/C13H22N2O2.C2H6/c1-7(2)11(14-9(4)16)13(17)15-6-5-10-8(3)12(10)15;1-2/h7-8,10-12H,5-6H2,1-4H3,(H,14,16);1-2H3. The summed E-state index contributed by atoms with van der Waals surface area (Å²) in [4.78, 5) is 25.6. The molecule has 110 valence electrons. The van der Waals surface area contributed by atoms with E-state index in [-0.39, 0.29) is 23.8 Å². The second kappa shape index (κ2) is 6.40. The van der Waals surface area contributed by atoms with Gasteiger partial charge in [0.1, 0.15) is 6.04 Å². The molecule has 4 nitrogen and oxygen atoms in total. The summed E-state index contributed by atoms with van der Waals surface area (Å²) in [7, 11) is 0. The number of carbonyl (C=O) groups excluding carboxylic acids is 2. The Morgan fingerprint density at radius 3 is 2.21 bits per heavy atom. The average Bonchev–Trinajstić information content (AvgIpc) is 2.81. The molecular formula is C15H28N2O2. The molecule has 19 heavy (non-hydrogen) atoms. The first-order chi connectivity index (χ1) is 8.93. The summed E-state index contributed by atoms with van der Waals surface area (Å²) in [5.74, 6) is 1.48. The molecule has 0 aromatic rings. The summed E-state index contributed by atoms with van der Waals surface area (Å²) in [6, 6.07) is 0.0801. The first-order valence-electron chi connectivity index (χ1n) is 7.51. The van der Waals surface area contributed by atoms with E-state index in [9.17, 15) is 9.59 Å². The minimum Gasteiger partial charge on any atom is -0.344 e. The Bertz CT molecular complexity index is 341. The predicted molar refractivity (Wildman–Crippen MR) is 76.6 cm³/mol. The fraction of sp³-hybridized carbons (Fsp3) is 0.867. The van der Waals surface area contributed by atoms with Crippen LogP contribution in [0.25, 0.3) is 0 Å². The summed E-state index contributed by atoms with van der Waals surface area (Å²) < 4.78 is 0. The van der Waals surface area contributed by atoms with Gasteiger partial charge in [0.05, 0.1) is 0 Å². The van der Waals surface area contributed by atoms with Crippen LogP contribution in [0.4, 0.5) is 0 Å². The summed E-state index contributed by atoms with van der Waals surface area (Å²) in [5, 5.41) is 2.78. The minimum atomic E-state index is -0.362. The number of likely N-dealkylation sites (tertiary alicyclic amines) is 1. The van der Waals surface area contributed by atoms with Crippen molar-refractivity contribution in [2.24, 2.45) is 17.8 Å². The lowest BCUT2D eigenvalue weighted by Gasteiger charge is -2.28. The molecule has 0 aromatic heterocycles. The van der Waals surface area contributed by atoms with Gasteiger partial charge in [0.2, 0.25) is 11.8 Å². The highest BCUT2D eigenvalue weighted by atomic mass is 16.2. The van der Waals surface area contributed by atoms with Crippen molar-refractivity contribution >= 4 is 11.8 Å². The monoisotopic (exact) mass is 268 g/mol. The Morgan fingerprint density at radius 2 is 1.84 bits per heavy atom. The van der Waals surface area contributed by atoms with Gasteiger partial charge in [-0.05, 0) is 24.2 Å². The van der Waals surface area contributed by atoms with Crippen LogP contribution in [-0.4, -0.2) is 35.3 Å². The summed E-state index contributed by atoms with van der Waals surface area (Å²) in [6.07, 6.45) is 1.13. The maximum absolute atomic E-state index is 12.4. The van der Waals surface area contributed by atoms with Gasteiger partial charge < -0.3 is 10.2 Å². The van der Waals surface area contributed by atoms with Crippen molar-refractivity contribution in [1.29, 1.82) is 0 Å². The fourth-order valence-electron chi connectivity index (χ4n) is 3.08. The van der Waals surface area contributed by atoms with E-state index in [4.69, 9.17) is 0 Å². The minimum absolute atomic E-state index is 0.104. The van der Waals surface area contributed by atoms with Gasteiger partial charge in [-0.3, -0.25) is 9.59 Å². The maximum atomic E-state index is 12.4. The van der Waals surface area contributed by atoms with E-state index < -0.39 is 0 Å². The first kappa shape index (κ1) is 16.0. The van der Waals surface area contributed by atoms with Crippen LogP contribution in [0.15, 0.2) is 0 Å². The van der Waals surface area contributed by atoms with Gasteiger partial charge in [0.15, 0.2) is 0 Å². The molecule has 0 radical (unpaired) electrons. The molecule has 2 rings (SSSR count). The van der Waals surface area contributed by atoms with Gasteiger partial charge in [-0.15, -0.1) is 0 Å². The lowest BCUT2D eigenvalue weighted by atomic mass is 10.0. The van der Waals surface area contributed by atoms with Crippen LogP contribution in [0, 0.1) is 17.8 Å². The third-order valence-electron chi connectivity index (χ3n) is 4.15. The van der Waals surface area contributed by atoms with E-state index in [0.717, 1.165) is 13.0 Å². The van der Waals surface area contributed by atoms with Crippen LogP contribution >= 0.6 is 0 Å². The molecule has 1 N–H and O–H groups in total. The van der Waals surface area contributed by atoms with Gasteiger partial charge in [-0.25, -0.2) is 0 Å². The average molecular weight is 268 g/mol. The van der Waals surface area contributed by atoms with Gasteiger partial charge in [-0.1, -0.05) is 34.6 Å². The number of nitrogens with zero attached hydrogens (tertiary/aromatic N) is 1. The zero-order chi connectivity index (χ0) is 14.7. The molecule has 1 saturated heterocycles. The zero-order valence-electron chi connectivity index (χ0n) is 13.1. The molecule has 4 unspecified atom stereocenters. The van der Waals surface area contributed by atoms with E-state index in [1.54, 1.807) is 0 Å². The molecule has 4 atom stereocenters. The fourth-order valence-corrected chi connectivity index (χ4v) is 3.08. The predicted octanol–water partition coefficient (Wildman–Crippen LogP) is 2.04.